The topological polar surface area (TPSA) is 111 Å². The molecule has 21 aromatic rings. The van der Waals surface area contributed by atoms with Crippen LogP contribution in [0, 0.1) is 0 Å². The summed E-state index contributed by atoms with van der Waals surface area (Å²) >= 11 is 1.70. The highest BCUT2D eigenvalue weighted by Gasteiger charge is 2.25. The van der Waals surface area contributed by atoms with Crippen molar-refractivity contribution in [1.82, 2.24) is 33.2 Å². The van der Waals surface area contributed by atoms with Gasteiger partial charge in [-0.1, -0.05) is 121 Å². The van der Waals surface area contributed by atoms with E-state index >= 15 is 0 Å². The van der Waals surface area contributed by atoms with E-state index in [2.05, 4.69) is 207 Å². The molecular weight excluding hydrogens is 1110 g/mol. The minimum Gasteiger partial charge on any atom is -0.456 e. The lowest BCUT2D eigenvalue weighted by molar-refractivity contribution is 0.574. The fourth-order valence-electron chi connectivity index (χ4n) is 14.4. The van der Waals surface area contributed by atoms with E-state index in [0.717, 1.165) is 191 Å². The first-order chi connectivity index (χ1) is 43.5. The van der Waals surface area contributed by atoms with Crippen LogP contribution in [0.4, 0.5) is 0 Å². The van der Waals surface area contributed by atoms with Crippen molar-refractivity contribution in [2.75, 3.05) is 0 Å². The van der Waals surface area contributed by atoms with Gasteiger partial charge in [0.05, 0.1) is 54.4 Å². The van der Waals surface area contributed by atoms with E-state index in [1.165, 1.54) is 0 Å². The Morgan fingerprint density at radius 2 is 0.750 bits per heavy atom. The molecule has 410 valence electrons. The summed E-state index contributed by atoms with van der Waals surface area (Å²) < 4.78 is 36.4. The van der Waals surface area contributed by atoms with Crippen molar-refractivity contribution in [1.29, 1.82) is 0 Å². The zero-order valence-corrected chi connectivity index (χ0v) is 47.4. The number of para-hydroxylation sites is 6. The second-order valence-electron chi connectivity index (χ2n) is 23.2. The first-order valence-corrected chi connectivity index (χ1v) is 30.2. The molecule has 0 atom stereocenters. The molecule has 0 aliphatic carbocycles. The van der Waals surface area contributed by atoms with Crippen LogP contribution in [0.5, 0.6) is 0 Å². The number of hydrogen-bond acceptors (Lipinski definition) is 8. The van der Waals surface area contributed by atoms with Crippen LogP contribution in [0.25, 0.3) is 203 Å². The molecule has 88 heavy (non-hydrogen) atoms. The Hall–Kier alpha value is -11.7. The van der Waals surface area contributed by atoms with E-state index in [1.54, 1.807) is 11.3 Å². The van der Waals surface area contributed by atoms with Crippen molar-refractivity contribution in [3.63, 3.8) is 0 Å². The lowest BCUT2D eigenvalue weighted by Gasteiger charge is -2.08. The molecule has 9 heterocycles. The van der Waals surface area contributed by atoms with E-state index in [4.69, 9.17) is 32.6 Å². The molecule has 0 fully saturated rings. The van der Waals surface area contributed by atoms with Gasteiger partial charge in [-0.25, -0.2) is 9.97 Å². The Kier molecular flexibility index (Phi) is 8.89. The number of hydrogen-bond donors (Lipinski definition) is 0. The summed E-state index contributed by atoms with van der Waals surface area (Å²) in [6.07, 6.45) is 0. The maximum Gasteiger partial charge on any atom is 0.307 e. The fourth-order valence-corrected chi connectivity index (χ4v) is 15.3. The zero-order chi connectivity index (χ0) is 57.2. The standard InChI is InChI=1S/C76H41N7O4S/c1-80-62-18-8-6-16-56(62)77-74(80)81-60-26-22-40(30-48(60)51-38-71-53(34-63(51)81)45-13-3-9-19-66(45)85-71)42-24-28-69-57(32-42)78-75(87-69)82-61-27-23-41(31-49(61)52-39-72-54(35-64(52)82)46-14-4-10-20-67(46)86-72)43-25-29-73-58(33-43)79-76(88-73)83-59-17-7-2-12-44(59)50-37-70-55(36-65(50)83)47-15-5-11-21-68(47)84-70/h2-39H,1H3. The molecule has 0 aliphatic heterocycles. The Labute approximate surface area is 499 Å². The molecule has 0 bridgehead atoms. The summed E-state index contributed by atoms with van der Waals surface area (Å²) in [5.41, 5.74) is 19.9. The van der Waals surface area contributed by atoms with Crippen molar-refractivity contribution in [3.8, 4) is 39.3 Å². The normalized spacial score (nSPS) is 12.6. The van der Waals surface area contributed by atoms with Crippen LogP contribution in [0.15, 0.2) is 248 Å². The van der Waals surface area contributed by atoms with Crippen LogP contribution in [-0.2, 0) is 7.05 Å². The molecule has 0 spiro atoms. The number of rotatable bonds is 5. The molecule has 0 aliphatic rings. The fraction of sp³-hybridized carbons (Fsp3) is 0.0132. The van der Waals surface area contributed by atoms with Crippen molar-refractivity contribution in [2.24, 2.45) is 7.05 Å². The second kappa shape index (κ2) is 16.8. The third-order valence-corrected chi connectivity index (χ3v) is 19.5. The van der Waals surface area contributed by atoms with E-state index in [9.17, 15) is 0 Å². The monoisotopic (exact) mass is 1150 g/mol. The molecule has 0 amide bonds. The van der Waals surface area contributed by atoms with Gasteiger partial charge in [-0.05, 0) is 144 Å². The van der Waals surface area contributed by atoms with Gasteiger partial charge in [-0.3, -0.25) is 13.7 Å². The Bertz CT molecular complexity index is 6670. The maximum atomic E-state index is 6.86. The average molecular weight is 1150 g/mol. The summed E-state index contributed by atoms with van der Waals surface area (Å²) in [5, 5.41) is 13.9. The summed E-state index contributed by atoms with van der Waals surface area (Å²) in [7, 11) is 2.09. The quantitative estimate of drug-likeness (QED) is 0.169. The number of imidazole rings is 1. The Morgan fingerprint density at radius 1 is 0.284 bits per heavy atom. The second-order valence-corrected chi connectivity index (χ2v) is 24.2. The summed E-state index contributed by atoms with van der Waals surface area (Å²) in [6, 6.07) is 81.7. The lowest BCUT2D eigenvalue weighted by atomic mass is 10.0. The van der Waals surface area contributed by atoms with Gasteiger partial charge in [-0.15, -0.1) is 0 Å². The first-order valence-electron chi connectivity index (χ1n) is 29.3. The Morgan fingerprint density at radius 3 is 1.38 bits per heavy atom. The van der Waals surface area contributed by atoms with Crippen LogP contribution in [0.3, 0.4) is 0 Å². The van der Waals surface area contributed by atoms with Crippen LogP contribution < -0.4 is 0 Å². The minimum absolute atomic E-state index is 0.478. The summed E-state index contributed by atoms with van der Waals surface area (Å²) in [5.74, 6) is 0.842. The van der Waals surface area contributed by atoms with Crippen molar-refractivity contribution < 1.29 is 17.7 Å². The molecule has 0 saturated heterocycles. The number of furan rings is 3. The predicted molar refractivity (Wildman–Crippen MR) is 357 cm³/mol. The van der Waals surface area contributed by atoms with Crippen LogP contribution in [0.2, 0.25) is 0 Å². The highest BCUT2D eigenvalue weighted by molar-refractivity contribution is 7.20. The highest BCUT2D eigenvalue weighted by atomic mass is 32.1. The zero-order valence-electron chi connectivity index (χ0n) is 46.6. The van der Waals surface area contributed by atoms with Gasteiger partial charge in [0.2, 0.25) is 5.95 Å². The predicted octanol–water partition coefficient (Wildman–Crippen LogP) is 20.6. The lowest BCUT2D eigenvalue weighted by Crippen LogP contribution is -2.02. The molecular formula is C76H41N7O4S. The van der Waals surface area contributed by atoms with Gasteiger partial charge in [0.25, 0.3) is 0 Å². The van der Waals surface area contributed by atoms with Crippen molar-refractivity contribution in [3.05, 3.63) is 231 Å². The van der Waals surface area contributed by atoms with Gasteiger partial charge in [-0.2, -0.15) is 4.98 Å². The average Bonchev–Trinajstić information content (AvgIpc) is 2.98. The SMILES string of the molecule is Cn1c(-n2c3ccc(-c4ccc5oc(-n6c7ccc(-c8ccc9sc(-n%10c%11ccccc%11c%11cc%12oc%13ccccc%13c%12cc%11%10)nc9c8)cc7c7cc8oc9ccccc9c8cc76)nc5c4)cc3c3cc4oc5ccccc5c4cc32)nc2ccccc21. The maximum absolute atomic E-state index is 6.86. The number of nitrogens with zero attached hydrogens (tertiary/aromatic N) is 7. The first kappa shape index (κ1) is 46.6. The van der Waals surface area contributed by atoms with Crippen LogP contribution in [0.1, 0.15) is 0 Å². The van der Waals surface area contributed by atoms with E-state index in [0.29, 0.717) is 11.6 Å². The third kappa shape index (κ3) is 6.32. The molecule has 0 unspecified atom stereocenters. The number of oxazole rings is 1. The number of aromatic nitrogens is 7. The van der Waals surface area contributed by atoms with Gasteiger partial charge in [0.1, 0.15) is 39.0 Å². The van der Waals surface area contributed by atoms with Crippen LogP contribution >= 0.6 is 11.3 Å². The van der Waals surface area contributed by atoms with Crippen molar-refractivity contribution >= 4 is 175 Å². The summed E-state index contributed by atoms with van der Waals surface area (Å²) in [6.45, 7) is 0. The number of fused-ring (bicyclic) bond motifs is 21. The minimum atomic E-state index is 0.478. The van der Waals surface area contributed by atoms with Gasteiger partial charge in [0.15, 0.2) is 10.7 Å². The summed E-state index contributed by atoms with van der Waals surface area (Å²) in [4.78, 5) is 16.0. The number of thiazole rings is 1. The Balaban J connectivity index is 0.702. The molecule has 12 heteroatoms. The molecule has 11 nitrogen and oxygen atoms in total. The molecule has 9 aromatic heterocycles. The molecule has 21 rings (SSSR count). The molecule has 0 radical (unpaired) electrons. The van der Waals surface area contributed by atoms with E-state index < -0.39 is 0 Å². The largest absolute Gasteiger partial charge is 0.456 e. The highest BCUT2D eigenvalue weighted by Crippen LogP contribution is 2.45. The van der Waals surface area contributed by atoms with Crippen LogP contribution in [-0.4, -0.2) is 33.2 Å². The van der Waals surface area contributed by atoms with E-state index in [1.807, 2.05) is 48.5 Å². The molecule has 12 aromatic carbocycles. The molecule has 0 saturated carbocycles. The van der Waals surface area contributed by atoms with Gasteiger partial charge in [0, 0.05) is 71.7 Å². The van der Waals surface area contributed by atoms with Gasteiger partial charge >= 0.3 is 6.01 Å². The number of benzene rings is 12. The molecule has 0 N–H and O–H groups in total. The van der Waals surface area contributed by atoms with E-state index in [-0.39, 0.29) is 0 Å². The number of aryl methyl sites for hydroxylation is 1. The third-order valence-electron chi connectivity index (χ3n) is 18.5. The van der Waals surface area contributed by atoms with Gasteiger partial charge < -0.3 is 22.2 Å². The smallest absolute Gasteiger partial charge is 0.307 e. The van der Waals surface area contributed by atoms with Crippen molar-refractivity contribution in [2.45, 2.75) is 0 Å².